The monoisotopic (exact) mass is 427 g/mol. The summed E-state index contributed by atoms with van der Waals surface area (Å²) in [6.45, 7) is 6.46. The smallest absolute Gasteiger partial charge is 0.242 e. The highest BCUT2D eigenvalue weighted by molar-refractivity contribution is 5.84. The molecule has 0 spiro atoms. The molecule has 3 aromatic rings. The third kappa shape index (κ3) is 6.75. The van der Waals surface area contributed by atoms with Crippen molar-refractivity contribution in [2.75, 3.05) is 19.9 Å². The van der Waals surface area contributed by atoms with Gasteiger partial charge in [0.1, 0.15) is 6.54 Å². The second-order valence-electron chi connectivity index (χ2n) is 6.43. The van der Waals surface area contributed by atoms with Crippen LogP contribution >= 0.6 is 0 Å². The molecule has 0 aliphatic carbocycles. The minimum absolute atomic E-state index is 0.198. The minimum Gasteiger partial charge on any atom is -0.454 e. The maximum Gasteiger partial charge on any atom is 0.242 e. The number of amides is 2. The molecule has 1 aliphatic rings. The topological polar surface area (TPSA) is 104 Å². The molecule has 2 aromatic carbocycles. The Labute approximate surface area is 181 Å². The number of H-pyrrole nitrogens is 1. The number of ether oxygens (including phenoxy) is 2. The van der Waals surface area contributed by atoms with Crippen molar-refractivity contribution in [2.24, 2.45) is 0 Å². The molecule has 0 atom stereocenters. The Morgan fingerprint density at radius 3 is 2.39 bits per heavy atom. The first-order valence-electron chi connectivity index (χ1n) is 10.2. The standard InChI is InChI=1S/C14H17N3O3.C7H6O2.C2H6/c1-10-11(12-4-2-3-5-13(12)16-10)6-7-15-14(19)8-17(20)9-18;1-2-4-7-6(3-1)8-5-9-7;1-2/h2-5,9,16,20H,6-8H2,1H3,(H,15,19);1-4H,5H2;1-2H3. The zero-order chi connectivity index (χ0) is 22.6. The van der Waals surface area contributed by atoms with E-state index in [0.29, 0.717) is 24.8 Å². The summed E-state index contributed by atoms with van der Waals surface area (Å²) in [6, 6.07) is 15.6. The third-order valence-corrected chi connectivity index (χ3v) is 4.43. The lowest BCUT2D eigenvalue weighted by Crippen LogP contribution is -2.35. The van der Waals surface area contributed by atoms with Crippen LogP contribution in [0.2, 0.25) is 0 Å². The van der Waals surface area contributed by atoms with E-state index in [4.69, 9.17) is 14.7 Å². The lowest BCUT2D eigenvalue weighted by Gasteiger charge is -2.09. The summed E-state index contributed by atoms with van der Waals surface area (Å²) in [5.41, 5.74) is 3.32. The maximum absolute atomic E-state index is 11.4. The van der Waals surface area contributed by atoms with E-state index < -0.39 is 5.91 Å². The van der Waals surface area contributed by atoms with E-state index in [1.165, 1.54) is 0 Å². The van der Waals surface area contributed by atoms with Crippen molar-refractivity contribution in [1.29, 1.82) is 0 Å². The predicted molar refractivity (Wildman–Crippen MR) is 118 cm³/mol. The van der Waals surface area contributed by atoms with E-state index in [1.807, 2.05) is 69.3 Å². The molecule has 2 amide bonds. The summed E-state index contributed by atoms with van der Waals surface area (Å²) in [6.07, 6.45) is 0.886. The van der Waals surface area contributed by atoms with Gasteiger partial charge in [0.05, 0.1) is 0 Å². The van der Waals surface area contributed by atoms with Crippen molar-refractivity contribution in [3.8, 4) is 11.5 Å². The summed E-state index contributed by atoms with van der Waals surface area (Å²) >= 11 is 0. The van der Waals surface area contributed by atoms with Crippen LogP contribution in [0, 0.1) is 6.92 Å². The zero-order valence-electron chi connectivity index (χ0n) is 18.1. The Balaban J connectivity index is 0.000000256. The molecule has 0 unspecified atom stereocenters. The number of hydroxylamine groups is 2. The van der Waals surface area contributed by atoms with Gasteiger partial charge in [-0.3, -0.25) is 14.8 Å². The number of nitrogens with one attached hydrogen (secondary N) is 2. The summed E-state index contributed by atoms with van der Waals surface area (Å²) in [4.78, 5) is 24.9. The summed E-state index contributed by atoms with van der Waals surface area (Å²) in [7, 11) is 0. The molecule has 1 aromatic heterocycles. The Morgan fingerprint density at radius 1 is 1.13 bits per heavy atom. The van der Waals surface area contributed by atoms with Crippen molar-refractivity contribution in [2.45, 2.75) is 27.2 Å². The summed E-state index contributed by atoms with van der Waals surface area (Å²) in [5.74, 6) is 1.30. The van der Waals surface area contributed by atoms with E-state index in [0.717, 1.165) is 33.7 Å². The highest BCUT2D eigenvalue weighted by Gasteiger charge is 2.10. The minimum atomic E-state index is -0.392. The van der Waals surface area contributed by atoms with Gasteiger partial charge in [-0.15, -0.1) is 0 Å². The van der Waals surface area contributed by atoms with Crippen LogP contribution in [0.25, 0.3) is 10.9 Å². The molecular weight excluding hydrogens is 398 g/mol. The Morgan fingerprint density at radius 2 is 1.74 bits per heavy atom. The molecule has 2 heterocycles. The molecule has 0 fully saturated rings. The zero-order valence-corrected chi connectivity index (χ0v) is 18.1. The van der Waals surface area contributed by atoms with Crippen LogP contribution in [0.15, 0.2) is 48.5 Å². The average molecular weight is 428 g/mol. The van der Waals surface area contributed by atoms with Crippen molar-refractivity contribution < 1.29 is 24.3 Å². The molecule has 0 bridgehead atoms. The van der Waals surface area contributed by atoms with Crippen LogP contribution in [-0.2, 0) is 16.0 Å². The number of hydrogen-bond acceptors (Lipinski definition) is 5. The molecule has 0 saturated heterocycles. The molecule has 1 aliphatic heterocycles. The van der Waals surface area contributed by atoms with Crippen molar-refractivity contribution in [3.63, 3.8) is 0 Å². The first-order chi connectivity index (χ1) is 15.1. The fourth-order valence-corrected chi connectivity index (χ4v) is 3.07. The number of para-hydroxylation sites is 3. The van der Waals surface area contributed by atoms with E-state index in [-0.39, 0.29) is 13.0 Å². The summed E-state index contributed by atoms with van der Waals surface area (Å²) in [5, 5.41) is 13.0. The molecule has 8 heteroatoms. The van der Waals surface area contributed by atoms with Gasteiger partial charge < -0.3 is 19.8 Å². The number of nitrogens with zero attached hydrogens (tertiary/aromatic N) is 1. The van der Waals surface area contributed by atoms with Crippen LogP contribution in [0.3, 0.4) is 0 Å². The fraction of sp³-hybridized carbons (Fsp3) is 0.304. The molecule has 3 N–H and O–H groups in total. The molecule has 8 nitrogen and oxygen atoms in total. The highest BCUT2D eigenvalue weighted by Crippen LogP contribution is 2.30. The van der Waals surface area contributed by atoms with Gasteiger partial charge in [-0.2, -0.15) is 0 Å². The van der Waals surface area contributed by atoms with Gasteiger partial charge >= 0.3 is 0 Å². The number of carbonyl (C=O) groups is 2. The number of aryl methyl sites for hydroxylation is 1. The van der Waals surface area contributed by atoms with Gasteiger partial charge in [-0.1, -0.05) is 44.2 Å². The first kappa shape index (κ1) is 23.8. The number of aromatic amines is 1. The molecule has 0 saturated carbocycles. The van der Waals surface area contributed by atoms with Gasteiger partial charge in [0, 0.05) is 23.1 Å². The molecule has 4 rings (SSSR count). The third-order valence-electron chi connectivity index (χ3n) is 4.43. The number of hydrogen-bond donors (Lipinski definition) is 3. The van der Waals surface area contributed by atoms with E-state index in [2.05, 4.69) is 10.3 Å². The van der Waals surface area contributed by atoms with Gasteiger partial charge in [-0.25, -0.2) is 5.06 Å². The second kappa shape index (κ2) is 12.2. The summed E-state index contributed by atoms with van der Waals surface area (Å²) < 4.78 is 10.2. The number of benzene rings is 2. The van der Waals surface area contributed by atoms with Gasteiger partial charge in [0.25, 0.3) is 0 Å². The maximum atomic E-state index is 11.4. The second-order valence-corrected chi connectivity index (χ2v) is 6.43. The highest BCUT2D eigenvalue weighted by atomic mass is 16.7. The predicted octanol–water partition coefficient (Wildman–Crippen LogP) is 3.42. The largest absolute Gasteiger partial charge is 0.454 e. The van der Waals surface area contributed by atoms with Gasteiger partial charge in [-0.05, 0) is 37.1 Å². The number of fused-ring (bicyclic) bond motifs is 2. The van der Waals surface area contributed by atoms with E-state index >= 15 is 0 Å². The first-order valence-corrected chi connectivity index (χ1v) is 10.2. The fourth-order valence-electron chi connectivity index (χ4n) is 3.07. The Kier molecular flexibility index (Phi) is 9.38. The van der Waals surface area contributed by atoms with Gasteiger partial charge in [0.2, 0.25) is 19.1 Å². The molecule has 0 radical (unpaired) electrons. The SMILES string of the molecule is CC.Cc1[nH]c2ccccc2c1CCNC(=O)CN(O)C=O.c1ccc2c(c1)OCO2. The molecular formula is C23H29N3O5. The lowest BCUT2D eigenvalue weighted by atomic mass is 10.1. The average Bonchev–Trinajstić information content (AvgIpc) is 3.39. The van der Waals surface area contributed by atoms with Crippen LogP contribution in [-0.4, -0.2) is 47.5 Å². The van der Waals surface area contributed by atoms with Crippen LogP contribution < -0.4 is 14.8 Å². The molecule has 166 valence electrons. The normalized spacial score (nSPS) is 11.0. The number of aromatic nitrogens is 1. The van der Waals surface area contributed by atoms with E-state index in [1.54, 1.807) is 0 Å². The Hall–Kier alpha value is -3.52. The molecule has 31 heavy (non-hydrogen) atoms. The van der Waals surface area contributed by atoms with Crippen LogP contribution in [0.1, 0.15) is 25.1 Å². The number of carbonyl (C=O) groups excluding carboxylic acids is 2. The number of rotatable bonds is 6. The van der Waals surface area contributed by atoms with Crippen LogP contribution in [0.5, 0.6) is 11.5 Å². The van der Waals surface area contributed by atoms with Gasteiger partial charge in [0.15, 0.2) is 11.5 Å². The van der Waals surface area contributed by atoms with Crippen LogP contribution in [0.4, 0.5) is 0 Å². The quantitative estimate of drug-likeness (QED) is 0.318. The Bertz CT molecular complexity index is 963. The van der Waals surface area contributed by atoms with Crippen molar-refractivity contribution >= 4 is 23.2 Å². The van der Waals surface area contributed by atoms with Crippen molar-refractivity contribution in [1.82, 2.24) is 15.4 Å². The van der Waals surface area contributed by atoms with E-state index in [9.17, 15) is 9.59 Å². The lowest BCUT2D eigenvalue weighted by molar-refractivity contribution is -0.155. The van der Waals surface area contributed by atoms with Crippen molar-refractivity contribution in [3.05, 3.63) is 59.8 Å².